The molecular weight excluding hydrogens is 266 g/mol. The zero-order chi connectivity index (χ0) is 14.1. The first-order chi connectivity index (χ1) is 9.66. The molecular formula is C16H23N3S. The molecule has 1 aliphatic carbocycles. The molecule has 0 aliphatic heterocycles. The third kappa shape index (κ3) is 2.54. The van der Waals surface area contributed by atoms with Crippen LogP contribution in [0.5, 0.6) is 0 Å². The van der Waals surface area contributed by atoms with Crippen LogP contribution in [0, 0.1) is 6.92 Å². The van der Waals surface area contributed by atoms with Crippen molar-refractivity contribution in [1.29, 1.82) is 0 Å². The molecule has 0 fully saturated rings. The van der Waals surface area contributed by atoms with Crippen LogP contribution in [0.2, 0.25) is 0 Å². The van der Waals surface area contributed by atoms with Gasteiger partial charge in [-0.25, -0.2) is 0 Å². The molecule has 1 atom stereocenters. The molecule has 0 aromatic carbocycles. The van der Waals surface area contributed by atoms with Crippen LogP contribution < -0.4 is 5.32 Å². The lowest BCUT2D eigenvalue weighted by molar-refractivity contribution is 0.402. The Kier molecular flexibility index (Phi) is 3.94. The fraction of sp³-hybridized carbons (Fsp3) is 0.562. The van der Waals surface area contributed by atoms with Crippen LogP contribution in [0.4, 0.5) is 0 Å². The normalized spacial score (nSPS) is 18.5. The highest BCUT2D eigenvalue weighted by atomic mass is 32.1. The zero-order valence-electron chi connectivity index (χ0n) is 12.5. The van der Waals surface area contributed by atoms with E-state index < -0.39 is 0 Å². The molecule has 108 valence electrons. The van der Waals surface area contributed by atoms with E-state index in [1.165, 1.54) is 41.0 Å². The average Bonchev–Trinajstić information content (AvgIpc) is 3.02. The molecule has 2 aromatic rings. The van der Waals surface area contributed by atoms with Crippen LogP contribution in [0.1, 0.15) is 60.5 Å². The van der Waals surface area contributed by atoms with E-state index >= 15 is 0 Å². The van der Waals surface area contributed by atoms with Crippen LogP contribution in [-0.2, 0) is 13.0 Å². The lowest BCUT2D eigenvalue weighted by atomic mass is 9.93. The van der Waals surface area contributed by atoms with Crippen LogP contribution in [0.25, 0.3) is 0 Å². The monoisotopic (exact) mass is 289 g/mol. The number of thiophene rings is 1. The number of nitrogens with one attached hydrogen (secondary N) is 1. The van der Waals surface area contributed by atoms with Crippen molar-refractivity contribution in [3.05, 3.63) is 39.3 Å². The van der Waals surface area contributed by atoms with Crippen LogP contribution in [-0.4, -0.2) is 9.78 Å². The number of fused-ring (bicyclic) bond motifs is 1. The second-order valence-corrected chi connectivity index (χ2v) is 7.04. The van der Waals surface area contributed by atoms with Crippen LogP contribution >= 0.6 is 11.3 Å². The molecule has 1 unspecified atom stereocenters. The molecule has 0 radical (unpaired) electrons. The van der Waals surface area contributed by atoms with E-state index in [1.807, 2.05) is 11.3 Å². The minimum atomic E-state index is 0.434. The number of aromatic nitrogens is 2. The van der Waals surface area contributed by atoms with E-state index in [0.29, 0.717) is 12.1 Å². The Balaban J connectivity index is 1.79. The third-order valence-electron chi connectivity index (χ3n) is 4.18. The number of hydrogen-bond donors (Lipinski definition) is 1. The van der Waals surface area contributed by atoms with Gasteiger partial charge in [0.1, 0.15) is 0 Å². The summed E-state index contributed by atoms with van der Waals surface area (Å²) < 4.78 is 2.20. The van der Waals surface area contributed by atoms with Gasteiger partial charge in [0.15, 0.2) is 0 Å². The molecule has 0 bridgehead atoms. The standard InChI is InChI=1S/C16H23N3S/c1-11(2)19-16-14(10-18-19)5-4-6-15(16)17-9-13-7-8-20-12(13)3/h7-8,10-11,15,17H,4-6,9H2,1-3H3. The van der Waals surface area contributed by atoms with Crippen LogP contribution in [0.15, 0.2) is 17.6 Å². The van der Waals surface area contributed by atoms with Crippen molar-refractivity contribution in [2.45, 2.75) is 58.7 Å². The molecule has 20 heavy (non-hydrogen) atoms. The van der Waals surface area contributed by atoms with Crippen molar-refractivity contribution in [2.24, 2.45) is 0 Å². The Labute approximate surface area is 125 Å². The van der Waals surface area contributed by atoms with E-state index in [-0.39, 0.29) is 0 Å². The van der Waals surface area contributed by atoms with Gasteiger partial charge >= 0.3 is 0 Å². The van der Waals surface area contributed by atoms with Gasteiger partial charge in [-0.05, 0) is 62.6 Å². The Bertz CT molecular complexity index is 582. The molecule has 0 spiro atoms. The van der Waals surface area contributed by atoms with Gasteiger partial charge in [0.05, 0.1) is 11.9 Å². The topological polar surface area (TPSA) is 29.9 Å². The van der Waals surface area contributed by atoms with Gasteiger partial charge in [-0.15, -0.1) is 11.3 Å². The van der Waals surface area contributed by atoms with Gasteiger partial charge in [-0.2, -0.15) is 5.10 Å². The average molecular weight is 289 g/mol. The van der Waals surface area contributed by atoms with Crippen molar-refractivity contribution in [3.63, 3.8) is 0 Å². The second kappa shape index (κ2) is 5.70. The first-order valence-corrected chi connectivity index (χ1v) is 8.37. The van der Waals surface area contributed by atoms with E-state index in [9.17, 15) is 0 Å². The maximum Gasteiger partial charge on any atom is 0.0588 e. The fourth-order valence-corrected chi connectivity index (χ4v) is 3.78. The van der Waals surface area contributed by atoms with E-state index in [1.54, 1.807) is 0 Å². The summed E-state index contributed by atoms with van der Waals surface area (Å²) in [4.78, 5) is 1.42. The molecule has 0 saturated heterocycles. The summed E-state index contributed by atoms with van der Waals surface area (Å²) >= 11 is 1.83. The van der Waals surface area contributed by atoms with Crippen molar-refractivity contribution in [1.82, 2.24) is 15.1 Å². The summed E-state index contributed by atoms with van der Waals surface area (Å²) in [6.07, 6.45) is 5.72. The molecule has 0 saturated carbocycles. The first-order valence-electron chi connectivity index (χ1n) is 7.49. The highest BCUT2D eigenvalue weighted by Gasteiger charge is 2.25. The SMILES string of the molecule is Cc1sccc1CNC1CCCc2cnn(C(C)C)c21. The lowest BCUT2D eigenvalue weighted by Crippen LogP contribution is -2.27. The molecule has 4 heteroatoms. The maximum absolute atomic E-state index is 4.59. The van der Waals surface area contributed by atoms with Gasteiger partial charge in [0, 0.05) is 23.5 Å². The smallest absolute Gasteiger partial charge is 0.0588 e. The second-order valence-electron chi connectivity index (χ2n) is 5.92. The number of rotatable bonds is 4. The first kappa shape index (κ1) is 13.8. The summed E-state index contributed by atoms with van der Waals surface area (Å²) in [6.45, 7) is 7.58. The zero-order valence-corrected chi connectivity index (χ0v) is 13.3. The van der Waals surface area contributed by atoms with Crippen molar-refractivity contribution in [3.8, 4) is 0 Å². The molecule has 1 N–H and O–H groups in total. The third-order valence-corrected chi connectivity index (χ3v) is 5.06. The predicted octanol–water partition coefficient (Wildman–Crippen LogP) is 4.00. The minimum Gasteiger partial charge on any atom is -0.304 e. The van der Waals surface area contributed by atoms with Crippen LogP contribution in [0.3, 0.4) is 0 Å². The van der Waals surface area contributed by atoms with Gasteiger partial charge < -0.3 is 5.32 Å². The summed E-state index contributed by atoms with van der Waals surface area (Å²) in [7, 11) is 0. The van der Waals surface area contributed by atoms with E-state index in [4.69, 9.17) is 0 Å². The number of nitrogens with zero attached hydrogens (tertiary/aromatic N) is 2. The van der Waals surface area contributed by atoms with Crippen molar-refractivity contribution >= 4 is 11.3 Å². The predicted molar refractivity (Wildman–Crippen MR) is 84.2 cm³/mol. The summed E-state index contributed by atoms with van der Waals surface area (Å²) in [5, 5.41) is 10.5. The maximum atomic E-state index is 4.59. The van der Waals surface area contributed by atoms with Gasteiger partial charge in [-0.1, -0.05) is 0 Å². The number of aryl methyl sites for hydroxylation is 2. The highest BCUT2D eigenvalue weighted by molar-refractivity contribution is 7.10. The largest absolute Gasteiger partial charge is 0.304 e. The van der Waals surface area contributed by atoms with Gasteiger partial charge in [-0.3, -0.25) is 4.68 Å². The minimum absolute atomic E-state index is 0.434. The highest BCUT2D eigenvalue weighted by Crippen LogP contribution is 2.31. The fourth-order valence-electron chi connectivity index (χ4n) is 3.05. The van der Waals surface area contributed by atoms with Gasteiger partial charge in [0.2, 0.25) is 0 Å². The Morgan fingerprint density at radius 1 is 1.50 bits per heavy atom. The van der Waals surface area contributed by atoms with Crippen molar-refractivity contribution in [2.75, 3.05) is 0 Å². The lowest BCUT2D eigenvalue weighted by Gasteiger charge is -2.26. The quantitative estimate of drug-likeness (QED) is 0.922. The Morgan fingerprint density at radius 3 is 3.05 bits per heavy atom. The molecule has 3 nitrogen and oxygen atoms in total. The Morgan fingerprint density at radius 2 is 2.35 bits per heavy atom. The summed E-state index contributed by atoms with van der Waals surface area (Å²) in [5.41, 5.74) is 4.28. The molecule has 3 rings (SSSR count). The van der Waals surface area contributed by atoms with Gasteiger partial charge in [0.25, 0.3) is 0 Å². The van der Waals surface area contributed by atoms with E-state index in [2.05, 4.69) is 53.5 Å². The molecule has 2 aromatic heterocycles. The Hall–Kier alpha value is -1.13. The van der Waals surface area contributed by atoms with E-state index in [0.717, 1.165) is 6.54 Å². The number of hydrogen-bond acceptors (Lipinski definition) is 3. The summed E-state index contributed by atoms with van der Waals surface area (Å²) in [6, 6.07) is 3.11. The van der Waals surface area contributed by atoms with Crippen molar-refractivity contribution < 1.29 is 0 Å². The molecule has 0 amide bonds. The molecule has 2 heterocycles. The summed E-state index contributed by atoms with van der Waals surface area (Å²) in [5.74, 6) is 0. The molecule has 1 aliphatic rings.